The lowest BCUT2D eigenvalue weighted by molar-refractivity contribution is 0.0367. The smallest absolute Gasteiger partial charge is 0.185 e. The van der Waals surface area contributed by atoms with Gasteiger partial charge in [-0.05, 0) is 12.8 Å². The van der Waals surface area contributed by atoms with Gasteiger partial charge in [-0.1, -0.05) is 0 Å². The highest BCUT2D eigenvalue weighted by molar-refractivity contribution is 7.13. The first-order valence-electron chi connectivity index (χ1n) is 4.40. The Morgan fingerprint density at radius 1 is 1.54 bits per heavy atom. The highest BCUT2D eigenvalue weighted by Gasteiger charge is 2.20. The average molecular weight is 199 g/mol. The first kappa shape index (κ1) is 8.93. The lowest BCUT2D eigenvalue weighted by Crippen LogP contribution is -2.37. The fourth-order valence-corrected chi connectivity index (χ4v) is 2.25. The van der Waals surface area contributed by atoms with E-state index >= 15 is 0 Å². The van der Waals surface area contributed by atoms with Gasteiger partial charge in [0.1, 0.15) is 0 Å². The van der Waals surface area contributed by atoms with Crippen molar-refractivity contribution in [3.05, 3.63) is 11.6 Å². The molecule has 0 radical (unpaired) electrons. The predicted octanol–water partition coefficient (Wildman–Crippen LogP) is 1.00. The van der Waals surface area contributed by atoms with Crippen molar-refractivity contribution in [1.82, 2.24) is 4.98 Å². The van der Waals surface area contributed by atoms with E-state index in [4.69, 9.17) is 10.7 Å². The van der Waals surface area contributed by atoms with E-state index in [0.717, 1.165) is 31.1 Å². The number of hydrogen-bond acceptors (Lipinski definition) is 5. The fraction of sp³-hybridized carbons (Fsp3) is 0.625. The maximum absolute atomic E-state index is 5.14. The Morgan fingerprint density at radius 2 is 2.31 bits per heavy atom. The Labute approximate surface area is 81.3 Å². The van der Waals surface area contributed by atoms with Gasteiger partial charge in [-0.3, -0.25) is 0 Å². The number of hydrogen-bond donors (Lipinski definition) is 1. The molecule has 0 unspecified atom stereocenters. The molecule has 1 fully saturated rings. The van der Waals surface area contributed by atoms with Crippen molar-refractivity contribution in [3.63, 3.8) is 0 Å². The van der Waals surface area contributed by atoms with E-state index in [1.54, 1.807) is 11.3 Å². The molecule has 0 spiro atoms. The Bertz CT molecular complexity index is 244. The van der Waals surface area contributed by atoms with Gasteiger partial charge in [-0.15, -0.1) is 11.3 Å². The minimum Gasteiger partial charge on any atom is -0.348 e. The monoisotopic (exact) mass is 199 g/mol. The summed E-state index contributed by atoms with van der Waals surface area (Å²) in [6.45, 7) is 1.99. The molecule has 2 heterocycles. The zero-order chi connectivity index (χ0) is 9.10. The second-order valence-electron chi connectivity index (χ2n) is 3.14. The van der Waals surface area contributed by atoms with Crippen LogP contribution in [0.5, 0.6) is 0 Å². The van der Waals surface area contributed by atoms with Crippen LogP contribution in [0.15, 0.2) is 11.6 Å². The van der Waals surface area contributed by atoms with Crippen molar-refractivity contribution in [1.29, 1.82) is 0 Å². The lowest BCUT2D eigenvalue weighted by atomic mass is 10.1. The summed E-state index contributed by atoms with van der Waals surface area (Å²) in [7, 11) is 0. The Morgan fingerprint density at radius 3 is 2.85 bits per heavy atom. The lowest BCUT2D eigenvalue weighted by Gasteiger charge is -2.30. The van der Waals surface area contributed by atoms with Gasteiger partial charge in [-0.2, -0.15) is 0 Å². The second-order valence-corrected chi connectivity index (χ2v) is 4.01. The van der Waals surface area contributed by atoms with Gasteiger partial charge in [0.15, 0.2) is 5.13 Å². The van der Waals surface area contributed by atoms with Crippen molar-refractivity contribution >= 4 is 16.5 Å². The molecular formula is C8H13N3OS. The molecule has 2 rings (SSSR count). The van der Waals surface area contributed by atoms with Crippen molar-refractivity contribution in [2.24, 2.45) is 5.90 Å². The first-order valence-corrected chi connectivity index (χ1v) is 5.28. The van der Waals surface area contributed by atoms with E-state index in [-0.39, 0.29) is 6.10 Å². The number of nitrogens with two attached hydrogens (primary N) is 1. The van der Waals surface area contributed by atoms with E-state index < -0.39 is 0 Å². The maximum atomic E-state index is 5.14. The molecule has 0 aliphatic carbocycles. The van der Waals surface area contributed by atoms with Crippen LogP contribution in [-0.4, -0.2) is 24.2 Å². The summed E-state index contributed by atoms with van der Waals surface area (Å²) in [6.07, 6.45) is 4.06. The summed E-state index contributed by atoms with van der Waals surface area (Å²) in [5.41, 5.74) is 0. The van der Waals surface area contributed by atoms with Crippen LogP contribution in [0.2, 0.25) is 0 Å². The highest BCUT2D eigenvalue weighted by Crippen LogP contribution is 2.22. The van der Waals surface area contributed by atoms with Gasteiger partial charge in [0, 0.05) is 24.7 Å². The largest absolute Gasteiger partial charge is 0.348 e. The molecule has 1 aromatic heterocycles. The van der Waals surface area contributed by atoms with Gasteiger partial charge in [0.2, 0.25) is 0 Å². The van der Waals surface area contributed by atoms with E-state index in [0.29, 0.717) is 0 Å². The van der Waals surface area contributed by atoms with Crippen molar-refractivity contribution < 1.29 is 4.84 Å². The summed E-state index contributed by atoms with van der Waals surface area (Å²) < 4.78 is 0. The van der Waals surface area contributed by atoms with Gasteiger partial charge >= 0.3 is 0 Å². The third-order valence-electron chi connectivity index (χ3n) is 2.32. The predicted molar refractivity (Wildman–Crippen MR) is 52.6 cm³/mol. The first-order chi connectivity index (χ1) is 6.40. The molecular weight excluding hydrogens is 186 g/mol. The van der Waals surface area contributed by atoms with Gasteiger partial charge in [0.05, 0.1) is 6.10 Å². The number of anilines is 1. The highest BCUT2D eigenvalue weighted by atomic mass is 32.1. The molecule has 2 N–H and O–H groups in total. The zero-order valence-electron chi connectivity index (χ0n) is 7.35. The van der Waals surface area contributed by atoms with Gasteiger partial charge in [0.25, 0.3) is 0 Å². The third-order valence-corrected chi connectivity index (χ3v) is 3.16. The van der Waals surface area contributed by atoms with E-state index in [1.165, 1.54) is 0 Å². The summed E-state index contributed by atoms with van der Waals surface area (Å²) >= 11 is 1.68. The molecule has 0 saturated carbocycles. The second kappa shape index (κ2) is 4.04. The van der Waals surface area contributed by atoms with Crippen LogP contribution >= 0.6 is 11.3 Å². The van der Waals surface area contributed by atoms with Crippen LogP contribution < -0.4 is 10.8 Å². The molecule has 0 bridgehead atoms. The van der Waals surface area contributed by atoms with Crippen molar-refractivity contribution in [3.8, 4) is 0 Å². The summed E-state index contributed by atoms with van der Waals surface area (Å²) in [6, 6.07) is 0. The third kappa shape index (κ3) is 1.99. The normalized spacial score (nSPS) is 19.3. The molecule has 1 aromatic rings. The van der Waals surface area contributed by atoms with Crippen LogP contribution in [0.25, 0.3) is 0 Å². The standard InChI is InChI=1S/C8H13N3OS/c9-12-7-1-4-11(5-2-7)8-10-3-6-13-8/h3,6-7H,1-2,4-5,9H2. The minimum atomic E-state index is 0.233. The van der Waals surface area contributed by atoms with Crippen LogP contribution in [0.4, 0.5) is 5.13 Å². The van der Waals surface area contributed by atoms with Crippen molar-refractivity contribution in [2.75, 3.05) is 18.0 Å². The SMILES string of the molecule is NOC1CCN(c2nccs2)CC1. The van der Waals surface area contributed by atoms with Crippen LogP contribution in [0.3, 0.4) is 0 Å². The Balaban J connectivity index is 1.92. The molecule has 13 heavy (non-hydrogen) atoms. The average Bonchev–Trinajstić information content (AvgIpc) is 2.71. The topological polar surface area (TPSA) is 51.4 Å². The number of rotatable bonds is 2. The summed E-state index contributed by atoms with van der Waals surface area (Å²) in [4.78, 5) is 11.4. The molecule has 1 aliphatic rings. The van der Waals surface area contributed by atoms with Gasteiger partial charge < -0.3 is 9.74 Å². The molecule has 4 nitrogen and oxygen atoms in total. The molecule has 0 atom stereocenters. The van der Waals surface area contributed by atoms with E-state index in [1.807, 2.05) is 11.6 Å². The Kier molecular flexibility index (Phi) is 2.77. The number of piperidine rings is 1. The van der Waals surface area contributed by atoms with Crippen molar-refractivity contribution in [2.45, 2.75) is 18.9 Å². The molecule has 5 heteroatoms. The number of aromatic nitrogens is 1. The molecule has 1 saturated heterocycles. The molecule has 0 amide bonds. The molecule has 1 aliphatic heterocycles. The van der Waals surface area contributed by atoms with E-state index in [9.17, 15) is 0 Å². The minimum absolute atomic E-state index is 0.233. The van der Waals surface area contributed by atoms with E-state index in [2.05, 4.69) is 9.88 Å². The van der Waals surface area contributed by atoms with Crippen LogP contribution in [0, 0.1) is 0 Å². The van der Waals surface area contributed by atoms with Crippen LogP contribution in [0.1, 0.15) is 12.8 Å². The Hall–Kier alpha value is -0.650. The quantitative estimate of drug-likeness (QED) is 0.722. The number of thiazole rings is 1. The molecule has 72 valence electrons. The maximum Gasteiger partial charge on any atom is 0.185 e. The fourth-order valence-electron chi connectivity index (χ4n) is 1.56. The molecule has 0 aromatic carbocycles. The zero-order valence-corrected chi connectivity index (χ0v) is 8.17. The summed E-state index contributed by atoms with van der Waals surface area (Å²) in [5.74, 6) is 5.14. The number of nitrogens with zero attached hydrogens (tertiary/aromatic N) is 2. The van der Waals surface area contributed by atoms with Gasteiger partial charge in [-0.25, -0.2) is 10.9 Å². The summed E-state index contributed by atoms with van der Waals surface area (Å²) in [5, 5.41) is 3.11. The van der Waals surface area contributed by atoms with Crippen LogP contribution in [-0.2, 0) is 4.84 Å².